The molecular weight excluding hydrogens is 753 g/mol. The van der Waals surface area contributed by atoms with Crippen LogP contribution < -0.4 is 9.47 Å². The van der Waals surface area contributed by atoms with E-state index in [4.69, 9.17) is 24.4 Å². The molecule has 0 atom stereocenters. The van der Waals surface area contributed by atoms with Crippen LogP contribution in [-0.2, 0) is 10.7 Å². The fraction of sp³-hybridized carbons (Fsp3) is 0.265. The molecule has 13 heteroatoms. The first-order valence-corrected chi connectivity index (χ1v) is 18.3. The van der Waals surface area contributed by atoms with Crippen LogP contribution in [0.4, 0.5) is 4.79 Å². The lowest BCUT2D eigenvalue weighted by Crippen LogP contribution is -2.35. The maximum atomic E-state index is 10.9. The topological polar surface area (TPSA) is 142 Å². The third-order valence-electron chi connectivity index (χ3n) is 6.54. The Balaban J connectivity index is 0.000000235. The molecule has 2 aromatic carbocycles. The number of rotatable bonds is 8. The fourth-order valence-corrected chi connectivity index (χ4v) is 5.21. The number of carboxylic acid groups (broad SMARTS) is 1. The van der Waals surface area contributed by atoms with E-state index in [0.717, 1.165) is 33.1 Å². The number of likely N-dealkylation sites (tertiary alicyclic amines) is 1. The molecule has 1 aliphatic rings. The third-order valence-corrected chi connectivity index (χ3v) is 8.25. The van der Waals surface area contributed by atoms with Gasteiger partial charge in [0.25, 0.3) is 0 Å². The van der Waals surface area contributed by atoms with Crippen LogP contribution in [0.25, 0.3) is 6.08 Å². The molecule has 0 radical (unpaired) electrons. The van der Waals surface area contributed by atoms with Gasteiger partial charge < -0.3 is 29.3 Å². The summed E-state index contributed by atoms with van der Waals surface area (Å²) < 4.78 is 24.0. The molecule has 1 saturated heterocycles. The van der Waals surface area contributed by atoms with Gasteiger partial charge in [0, 0.05) is 46.6 Å². The van der Waals surface area contributed by atoms with E-state index < -0.39 is 13.7 Å². The monoisotopic (exact) mass is 789 g/mol. The molecule has 0 spiro atoms. The van der Waals surface area contributed by atoms with Gasteiger partial charge in [-0.3, -0.25) is 4.57 Å². The zero-order chi connectivity index (χ0) is 34.2. The highest BCUT2D eigenvalue weighted by Crippen LogP contribution is 2.39. The molecule has 250 valence electrons. The summed E-state index contributed by atoms with van der Waals surface area (Å²) in [5.41, 5.74) is 2.82. The van der Waals surface area contributed by atoms with E-state index in [-0.39, 0.29) is 6.16 Å². The highest BCUT2D eigenvalue weighted by molar-refractivity contribution is 9.10. The first kappa shape index (κ1) is 37.9. The smallest absolute Gasteiger partial charge is 0.407 e. The lowest BCUT2D eigenvalue weighted by molar-refractivity contribution is 0.142. The number of piperidine rings is 1. The molecule has 2 aromatic heterocycles. The average molecular weight is 791 g/mol. The molecule has 5 rings (SSSR count). The van der Waals surface area contributed by atoms with Crippen molar-refractivity contribution in [1.82, 2.24) is 14.9 Å². The summed E-state index contributed by atoms with van der Waals surface area (Å²) in [6, 6.07) is 21.6. The van der Waals surface area contributed by atoms with E-state index in [1.54, 1.807) is 54.9 Å². The number of hydrogen-bond acceptors (Lipinski definition) is 6. The Hall–Kier alpha value is -3.54. The van der Waals surface area contributed by atoms with Gasteiger partial charge in [-0.2, -0.15) is 0 Å². The van der Waals surface area contributed by atoms with Crippen molar-refractivity contribution in [1.29, 1.82) is 0 Å². The summed E-state index contributed by atoms with van der Waals surface area (Å²) in [5.74, 6) is 2.16. The van der Waals surface area contributed by atoms with Gasteiger partial charge in [0.1, 0.15) is 11.5 Å². The zero-order valence-electron chi connectivity index (χ0n) is 26.1. The number of carbonyl (C=O) groups is 1. The SMILES string of the molecule is CCCC.O=C(O)N1CCC(=Cc2cccc(Oc3ccc(Br)cn3)c2)CC1.O=P(O)(O)Cc1cccc(Oc2ccc(Br)cn2)c1. The van der Waals surface area contributed by atoms with E-state index >= 15 is 0 Å². The zero-order valence-corrected chi connectivity index (χ0v) is 30.2. The van der Waals surface area contributed by atoms with Gasteiger partial charge in [-0.05, 0) is 92.2 Å². The summed E-state index contributed by atoms with van der Waals surface area (Å²) in [5, 5.41) is 8.99. The van der Waals surface area contributed by atoms with Crippen LogP contribution in [0.2, 0.25) is 0 Å². The second kappa shape index (κ2) is 19.3. The van der Waals surface area contributed by atoms with Crippen molar-refractivity contribution >= 4 is 51.6 Å². The molecule has 1 fully saturated rings. The van der Waals surface area contributed by atoms with Gasteiger partial charge in [0.15, 0.2) is 0 Å². The number of halogens is 2. The number of pyridine rings is 2. The molecule has 3 heterocycles. The minimum Gasteiger partial charge on any atom is -0.465 e. The first-order valence-electron chi connectivity index (χ1n) is 14.9. The minimum atomic E-state index is -4.07. The molecule has 10 nitrogen and oxygen atoms in total. The van der Waals surface area contributed by atoms with Gasteiger partial charge in [-0.25, -0.2) is 14.8 Å². The molecule has 3 N–H and O–H groups in total. The van der Waals surface area contributed by atoms with E-state index in [1.165, 1.54) is 23.3 Å². The normalized spacial score (nSPS) is 12.6. The largest absolute Gasteiger partial charge is 0.465 e. The second-order valence-electron chi connectivity index (χ2n) is 10.4. The highest BCUT2D eigenvalue weighted by Gasteiger charge is 2.18. The van der Waals surface area contributed by atoms with Gasteiger partial charge in [-0.1, -0.05) is 62.6 Å². The van der Waals surface area contributed by atoms with Crippen LogP contribution in [0.1, 0.15) is 50.7 Å². The van der Waals surface area contributed by atoms with Crippen molar-refractivity contribution in [3.05, 3.63) is 111 Å². The van der Waals surface area contributed by atoms with Crippen molar-refractivity contribution in [3.63, 3.8) is 0 Å². The Morgan fingerprint density at radius 3 is 1.85 bits per heavy atom. The van der Waals surface area contributed by atoms with E-state index in [1.807, 2.05) is 30.3 Å². The first-order chi connectivity index (χ1) is 22.4. The Kier molecular flexibility index (Phi) is 15.6. The lowest BCUT2D eigenvalue weighted by atomic mass is 10.0. The summed E-state index contributed by atoms with van der Waals surface area (Å²) in [6.45, 7) is 5.47. The Morgan fingerprint density at radius 2 is 1.38 bits per heavy atom. The summed E-state index contributed by atoms with van der Waals surface area (Å²) in [6.07, 6.45) is 8.44. The van der Waals surface area contributed by atoms with Gasteiger partial charge in [0.05, 0.1) is 6.16 Å². The van der Waals surface area contributed by atoms with Crippen LogP contribution in [0.15, 0.2) is 99.7 Å². The van der Waals surface area contributed by atoms with E-state index in [9.17, 15) is 9.36 Å². The van der Waals surface area contributed by atoms with E-state index in [2.05, 4.69) is 61.8 Å². The second-order valence-corrected chi connectivity index (χ2v) is 13.9. The van der Waals surface area contributed by atoms with Crippen molar-refractivity contribution in [2.24, 2.45) is 0 Å². The number of unbranched alkanes of at least 4 members (excludes halogenated alkanes) is 1. The molecule has 1 amide bonds. The molecule has 0 bridgehead atoms. The van der Waals surface area contributed by atoms with Crippen molar-refractivity contribution in [2.45, 2.75) is 45.7 Å². The Labute approximate surface area is 291 Å². The van der Waals surface area contributed by atoms with Gasteiger partial charge in [0.2, 0.25) is 11.8 Å². The Morgan fingerprint density at radius 1 is 0.851 bits per heavy atom. The fourth-order valence-electron chi connectivity index (χ4n) is 4.06. The third kappa shape index (κ3) is 14.8. The average Bonchev–Trinajstić information content (AvgIpc) is 3.04. The standard InChI is InChI=1S/C18H17BrN2O3.C12H11BrNO4P.C4H10/c19-15-4-5-17(20-12-15)24-16-3-1-2-14(11-16)10-13-6-8-21(9-7-13)18(22)23;13-10-4-5-12(14-7-10)18-11-3-1-2-9(6-11)8-19(15,16)17;1-3-4-2/h1-5,10-12H,6-9H2,(H,22,23);1-7H,8H2,(H2,15,16,17);3-4H2,1-2H3. The van der Waals surface area contributed by atoms with E-state index in [0.29, 0.717) is 36.2 Å². The molecule has 47 heavy (non-hydrogen) atoms. The number of benzene rings is 2. The van der Waals surface area contributed by atoms with Crippen molar-refractivity contribution < 1.29 is 33.7 Å². The summed E-state index contributed by atoms with van der Waals surface area (Å²) >= 11 is 6.62. The van der Waals surface area contributed by atoms with Crippen molar-refractivity contribution in [2.75, 3.05) is 13.1 Å². The highest BCUT2D eigenvalue weighted by atomic mass is 79.9. The number of aromatic nitrogens is 2. The molecule has 4 aromatic rings. The number of hydrogen-bond donors (Lipinski definition) is 3. The van der Waals surface area contributed by atoms with Crippen LogP contribution in [-0.4, -0.2) is 48.9 Å². The Bertz CT molecular complexity index is 1640. The maximum absolute atomic E-state index is 10.9. The van der Waals surface area contributed by atoms with Crippen LogP contribution >= 0.6 is 39.5 Å². The van der Waals surface area contributed by atoms with Gasteiger partial charge in [-0.15, -0.1) is 0 Å². The number of nitrogens with zero attached hydrogens (tertiary/aromatic N) is 3. The summed E-state index contributed by atoms with van der Waals surface area (Å²) in [7, 11) is -4.07. The van der Waals surface area contributed by atoms with Crippen LogP contribution in [0.5, 0.6) is 23.3 Å². The number of amides is 1. The lowest BCUT2D eigenvalue weighted by Gasteiger charge is -2.25. The van der Waals surface area contributed by atoms with Crippen LogP contribution in [0.3, 0.4) is 0 Å². The van der Waals surface area contributed by atoms with Gasteiger partial charge >= 0.3 is 13.7 Å². The van der Waals surface area contributed by atoms with Crippen molar-refractivity contribution in [3.8, 4) is 23.3 Å². The molecule has 0 unspecified atom stereocenters. The predicted molar refractivity (Wildman–Crippen MR) is 190 cm³/mol. The molecule has 0 aliphatic carbocycles. The minimum absolute atomic E-state index is 0.308. The number of ether oxygens (including phenoxy) is 2. The predicted octanol–water partition coefficient (Wildman–Crippen LogP) is 9.91. The molecule has 0 saturated carbocycles. The maximum Gasteiger partial charge on any atom is 0.407 e. The molecular formula is C34H38Br2N3O7P. The van der Waals surface area contributed by atoms with Crippen LogP contribution in [0, 0.1) is 0 Å². The molecule has 1 aliphatic heterocycles. The quantitative estimate of drug-likeness (QED) is 0.149. The summed E-state index contributed by atoms with van der Waals surface area (Å²) in [4.78, 5) is 38.5.